The molecule has 2 aliphatic carbocycles. The van der Waals surface area contributed by atoms with E-state index in [2.05, 4.69) is 10.3 Å². The fourth-order valence-corrected chi connectivity index (χ4v) is 4.66. The Morgan fingerprint density at radius 2 is 1.90 bits per heavy atom. The summed E-state index contributed by atoms with van der Waals surface area (Å²) in [5.74, 6) is 0.729. The Hall–Kier alpha value is -1.03. The smallest absolute Gasteiger partial charge is 0.254 e. The summed E-state index contributed by atoms with van der Waals surface area (Å²) in [6, 6.07) is 3.78. The van der Waals surface area contributed by atoms with E-state index in [0.29, 0.717) is 11.2 Å². The van der Waals surface area contributed by atoms with Crippen molar-refractivity contribution >= 4 is 17.7 Å². The van der Waals surface area contributed by atoms with Gasteiger partial charge in [-0.1, -0.05) is 25.7 Å². The van der Waals surface area contributed by atoms with E-state index in [-0.39, 0.29) is 5.91 Å². The molecule has 0 bridgehead atoms. The number of rotatable bonds is 5. The Morgan fingerprint density at radius 3 is 2.67 bits per heavy atom. The number of aromatic nitrogens is 1. The number of hydrogen-bond donors (Lipinski definition) is 1. The third-order valence-electron chi connectivity index (χ3n) is 4.62. The highest BCUT2D eigenvalue weighted by molar-refractivity contribution is 7.99. The Kier molecular flexibility index (Phi) is 5.17. The zero-order chi connectivity index (χ0) is 14.5. The molecule has 0 aromatic carbocycles. The van der Waals surface area contributed by atoms with Crippen LogP contribution in [0, 0.1) is 5.92 Å². The zero-order valence-corrected chi connectivity index (χ0v) is 13.3. The van der Waals surface area contributed by atoms with E-state index in [0.717, 1.165) is 17.1 Å². The molecule has 1 heterocycles. The van der Waals surface area contributed by atoms with Gasteiger partial charge < -0.3 is 5.32 Å². The van der Waals surface area contributed by atoms with Crippen LogP contribution in [0.1, 0.15) is 61.7 Å². The number of nitrogens with zero attached hydrogens (tertiary/aromatic N) is 1. The van der Waals surface area contributed by atoms with Crippen LogP contribution in [0.15, 0.2) is 23.4 Å². The maximum atomic E-state index is 12.4. The summed E-state index contributed by atoms with van der Waals surface area (Å²) in [6.07, 6.45) is 12.1. The summed E-state index contributed by atoms with van der Waals surface area (Å²) in [5, 5.41) is 4.66. The van der Waals surface area contributed by atoms with Crippen LogP contribution in [0.3, 0.4) is 0 Å². The van der Waals surface area contributed by atoms with Gasteiger partial charge in [0.1, 0.15) is 5.03 Å². The molecule has 0 saturated heterocycles. The first-order chi connectivity index (χ1) is 10.3. The minimum Gasteiger partial charge on any atom is -0.352 e. The highest BCUT2D eigenvalue weighted by Gasteiger charge is 2.21. The third-order valence-corrected chi connectivity index (χ3v) is 5.98. The van der Waals surface area contributed by atoms with Gasteiger partial charge in [-0.3, -0.25) is 4.79 Å². The van der Waals surface area contributed by atoms with Gasteiger partial charge in [-0.15, -0.1) is 11.8 Å². The molecule has 0 atom stereocenters. The quantitative estimate of drug-likeness (QED) is 0.893. The fraction of sp³-hybridized carbons (Fsp3) is 0.647. The molecule has 2 fully saturated rings. The number of pyridine rings is 1. The number of thioether (sulfide) groups is 1. The number of amides is 1. The Morgan fingerprint density at radius 1 is 1.19 bits per heavy atom. The Balaban J connectivity index is 1.61. The molecule has 1 amide bonds. The maximum absolute atomic E-state index is 12.4. The molecule has 114 valence electrons. The van der Waals surface area contributed by atoms with Gasteiger partial charge in [0.15, 0.2) is 0 Å². The van der Waals surface area contributed by atoms with Crippen molar-refractivity contribution in [3.63, 3.8) is 0 Å². The summed E-state index contributed by atoms with van der Waals surface area (Å²) in [6.45, 7) is 0.821. The molecule has 0 radical (unpaired) electrons. The number of hydrogen-bond acceptors (Lipinski definition) is 3. The van der Waals surface area contributed by atoms with Gasteiger partial charge >= 0.3 is 0 Å². The van der Waals surface area contributed by atoms with E-state index < -0.39 is 0 Å². The van der Waals surface area contributed by atoms with Crippen LogP contribution in [-0.4, -0.2) is 22.7 Å². The van der Waals surface area contributed by atoms with Crippen LogP contribution in [0.2, 0.25) is 0 Å². The molecule has 21 heavy (non-hydrogen) atoms. The van der Waals surface area contributed by atoms with Crippen molar-refractivity contribution in [2.24, 2.45) is 5.92 Å². The standard InChI is InChI=1S/C17H24N2OS/c20-16(19-12-13-6-1-2-7-13)15-10-5-11-18-17(15)21-14-8-3-4-9-14/h5,10-11,13-14H,1-4,6-9,12H2,(H,19,20). The minimum absolute atomic E-state index is 0.0514. The lowest BCUT2D eigenvalue weighted by molar-refractivity contribution is 0.0943. The molecule has 0 aliphatic heterocycles. The molecule has 4 heteroatoms. The van der Waals surface area contributed by atoms with Crippen molar-refractivity contribution in [3.8, 4) is 0 Å². The molecule has 2 aliphatic rings. The lowest BCUT2D eigenvalue weighted by atomic mass is 10.1. The molecule has 3 rings (SSSR count). The van der Waals surface area contributed by atoms with E-state index in [4.69, 9.17) is 0 Å². The van der Waals surface area contributed by atoms with Crippen molar-refractivity contribution in [1.29, 1.82) is 0 Å². The van der Waals surface area contributed by atoms with Gasteiger partial charge in [0, 0.05) is 18.0 Å². The van der Waals surface area contributed by atoms with Crippen molar-refractivity contribution < 1.29 is 4.79 Å². The van der Waals surface area contributed by atoms with E-state index >= 15 is 0 Å². The molecule has 1 N–H and O–H groups in total. The minimum atomic E-state index is 0.0514. The maximum Gasteiger partial charge on any atom is 0.254 e. The first kappa shape index (κ1) is 14.9. The molecular formula is C17H24N2OS. The summed E-state index contributed by atoms with van der Waals surface area (Å²) in [4.78, 5) is 16.9. The van der Waals surface area contributed by atoms with Crippen LogP contribution >= 0.6 is 11.8 Å². The second-order valence-corrected chi connectivity index (χ2v) is 7.53. The first-order valence-corrected chi connectivity index (χ1v) is 9.11. The first-order valence-electron chi connectivity index (χ1n) is 8.23. The van der Waals surface area contributed by atoms with Gasteiger partial charge in [0.2, 0.25) is 0 Å². The molecule has 0 spiro atoms. The monoisotopic (exact) mass is 304 g/mol. The molecule has 3 nitrogen and oxygen atoms in total. The average Bonchev–Trinajstić information content (AvgIpc) is 3.18. The number of carbonyl (C=O) groups excluding carboxylic acids is 1. The van der Waals surface area contributed by atoms with Crippen LogP contribution in [0.25, 0.3) is 0 Å². The summed E-state index contributed by atoms with van der Waals surface area (Å²) in [5.41, 5.74) is 0.757. The molecule has 1 aromatic rings. The van der Waals surface area contributed by atoms with E-state index in [9.17, 15) is 4.79 Å². The largest absolute Gasteiger partial charge is 0.352 e. The summed E-state index contributed by atoms with van der Waals surface area (Å²) >= 11 is 1.79. The lowest BCUT2D eigenvalue weighted by Crippen LogP contribution is -2.29. The summed E-state index contributed by atoms with van der Waals surface area (Å²) in [7, 11) is 0. The van der Waals surface area contributed by atoms with E-state index in [1.54, 1.807) is 18.0 Å². The second-order valence-electron chi connectivity index (χ2n) is 6.24. The fourth-order valence-electron chi connectivity index (χ4n) is 3.37. The van der Waals surface area contributed by atoms with E-state index in [1.807, 2.05) is 12.1 Å². The Bertz CT molecular complexity index is 479. The highest BCUT2D eigenvalue weighted by Crippen LogP contribution is 2.35. The van der Waals surface area contributed by atoms with Gasteiger partial charge in [-0.05, 0) is 43.7 Å². The van der Waals surface area contributed by atoms with Gasteiger partial charge in [0.25, 0.3) is 5.91 Å². The average molecular weight is 304 g/mol. The molecule has 1 aromatic heterocycles. The summed E-state index contributed by atoms with van der Waals surface area (Å²) < 4.78 is 0. The Labute approximate surface area is 131 Å². The van der Waals surface area contributed by atoms with Crippen molar-refractivity contribution in [2.75, 3.05) is 6.54 Å². The predicted molar refractivity (Wildman–Crippen MR) is 86.6 cm³/mol. The third kappa shape index (κ3) is 4.00. The van der Waals surface area contributed by atoms with Crippen molar-refractivity contribution in [1.82, 2.24) is 10.3 Å². The van der Waals surface area contributed by atoms with Gasteiger partial charge in [0.05, 0.1) is 5.56 Å². The van der Waals surface area contributed by atoms with Crippen molar-refractivity contribution in [2.45, 2.75) is 61.6 Å². The molecule has 2 saturated carbocycles. The normalized spacial score (nSPS) is 20.0. The lowest BCUT2D eigenvalue weighted by Gasteiger charge is -2.14. The van der Waals surface area contributed by atoms with E-state index in [1.165, 1.54) is 51.4 Å². The predicted octanol–water partition coefficient (Wildman–Crippen LogP) is 4.04. The van der Waals surface area contributed by atoms with Crippen molar-refractivity contribution in [3.05, 3.63) is 23.9 Å². The van der Waals surface area contributed by atoms with Gasteiger partial charge in [-0.2, -0.15) is 0 Å². The molecule has 0 unspecified atom stereocenters. The van der Waals surface area contributed by atoms with Crippen LogP contribution in [-0.2, 0) is 0 Å². The van der Waals surface area contributed by atoms with Crippen LogP contribution in [0.4, 0.5) is 0 Å². The van der Waals surface area contributed by atoms with Gasteiger partial charge in [-0.25, -0.2) is 4.98 Å². The highest BCUT2D eigenvalue weighted by atomic mass is 32.2. The number of carbonyl (C=O) groups is 1. The number of nitrogens with one attached hydrogen (secondary N) is 1. The second kappa shape index (κ2) is 7.30. The topological polar surface area (TPSA) is 42.0 Å². The van der Waals surface area contributed by atoms with Crippen LogP contribution in [0.5, 0.6) is 0 Å². The van der Waals surface area contributed by atoms with Crippen LogP contribution < -0.4 is 5.32 Å². The SMILES string of the molecule is O=C(NCC1CCCC1)c1cccnc1SC1CCCC1. The molecular weight excluding hydrogens is 280 g/mol. The zero-order valence-electron chi connectivity index (χ0n) is 12.5.